The molecule has 0 radical (unpaired) electrons. The number of anilines is 1. The Hall–Kier alpha value is -1.75. The van der Waals surface area contributed by atoms with Crippen LogP contribution in [-0.4, -0.2) is 56.7 Å². The van der Waals surface area contributed by atoms with E-state index >= 15 is 0 Å². The summed E-state index contributed by atoms with van der Waals surface area (Å²) in [6.45, 7) is 4.75. The second-order valence-electron chi connectivity index (χ2n) is 6.80. The van der Waals surface area contributed by atoms with Crippen molar-refractivity contribution in [3.8, 4) is 0 Å². The molecule has 2 saturated heterocycles. The molecule has 126 valence electrons. The molecule has 23 heavy (non-hydrogen) atoms. The molecule has 0 bridgehead atoms. The lowest BCUT2D eigenvalue weighted by Crippen LogP contribution is -2.44. The normalized spacial score (nSPS) is 24.8. The molecule has 1 aromatic carbocycles. The lowest BCUT2D eigenvalue weighted by atomic mass is 10.1. The number of rotatable bonds is 5. The van der Waals surface area contributed by atoms with Crippen LogP contribution < -0.4 is 15.5 Å². The van der Waals surface area contributed by atoms with E-state index < -0.39 is 0 Å². The van der Waals surface area contributed by atoms with Gasteiger partial charge in [0, 0.05) is 37.9 Å². The minimum Gasteiger partial charge on any atom is -0.371 e. The van der Waals surface area contributed by atoms with Gasteiger partial charge in [-0.1, -0.05) is 18.2 Å². The number of para-hydroxylation sites is 1. The highest BCUT2D eigenvalue weighted by Crippen LogP contribution is 2.22. The standard InChI is InChI=1S/C18H28N4O/c1-21-10-5-8-17(21)13-20-18(23)19-12-15-9-11-22(14-15)16-6-3-2-4-7-16/h2-4,6-7,15,17H,5,8-14H2,1H3,(H2,19,20,23)/t15-,17+/m0/s1. The number of benzene rings is 1. The fraction of sp³-hybridized carbons (Fsp3) is 0.611. The molecular formula is C18H28N4O. The van der Waals surface area contributed by atoms with Crippen LogP contribution in [0.5, 0.6) is 0 Å². The summed E-state index contributed by atoms with van der Waals surface area (Å²) in [6, 6.07) is 11.0. The van der Waals surface area contributed by atoms with Gasteiger partial charge in [0.2, 0.25) is 0 Å². The Morgan fingerprint density at radius 3 is 2.65 bits per heavy atom. The molecule has 2 heterocycles. The van der Waals surface area contributed by atoms with Gasteiger partial charge in [-0.15, -0.1) is 0 Å². The highest BCUT2D eigenvalue weighted by atomic mass is 16.2. The van der Waals surface area contributed by atoms with Gasteiger partial charge in [0.1, 0.15) is 0 Å². The van der Waals surface area contributed by atoms with Gasteiger partial charge < -0.3 is 20.4 Å². The fourth-order valence-corrected chi connectivity index (χ4v) is 3.62. The van der Waals surface area contributed by atoms with Crippen LogP contribution >= 0.6 is 0 Å². The van der Waals surface area contributed by atoms with E-state index in [1.54, 1.807) is 0 Å². The second kappa shape index (κ2) is 7.68. The summed E-state index contributed by atoms with van der Waals surface area (Å²) in [5.74, 6) is 0.537. The van der Waals surface area contributed by atoms with Gasteiger partial charge in [-0.2, -0.15) is 0 Å². The van der Waals surface area contributed by atoms with E-state index in [0.29, 0.717) is 12.0 Å². The van der Waals surface area contributed by atoms with Crippen LogP contribution in [0, 0.1) is 5.92 Å². The maximum atomic E-state index is 12.0. The zero-order chi connectivity index (χ0) is 16.1. The number of hydrogen-bond donors (Lipinski definition) is 2. The molecule has 0 aliphatic carbocycles. The van der Waals surface area contributed by atoms with Crippen LogP contribution in [-0.2, 0) is 0 Å². The minimum atomic E-state index is -0.0246. The van der Waals surface area contributed by atoms with Crippen molar-refractivity contribution in [1.82, 2.24) is 15.5 Å². The van der Waals surface area contributed by atoms with Gasteiger partial charge in [-0.05, 0) is 50.9 Å². The number of nitrogens with one attached hydrogen (secondary N) is 2. The average Bonchev–Trinajstić information content (AvgIpc) is 3.21. The van der Waals surface area contributed by atoms with Crippen LogP contribution in [0.4, 0.5) is 10.5 Å². The van der Waals surface area contributed by atoms with Gasteiger partial charge in [-0.3, -0.25) is 0 Å². The molecule has 2 aliphatic heterocycles. The van der Waals surface area contributed by atoms with Gasteiger partial charge in [0.25, 0.3) is 0 Å². The SMILES string of the molecule is CN1CCC[C@@H]1CNC(=O)NC[C@@H]1CCN(c2ccccc2)C1. The molecule has 5 nitrogen and oxygen atoms in total. The van der Waals surface area contributed by atoms with Crippen LogP contribution in [0.3, 0.4) is 0 Å². The molecule has 1 aromatic rings. The predicted molar refractivity (Wildman–Crippen MR) is 93.8 cm³/mol. The fourth-order valence-electron chi connectivity index (χ4n) is 3.62. The number of nitrogens with zero attached hydrogens (tertiary/aromatic N) is 2. The minimum absolute atomic E-state index is 0.0246. The Labute approximate surface area is 139 Å². The first-order valence-corrected chi connectivity index (χ1v) is 8.74. The first kappa shape index (κ1) is 16.1. The van der Waals surface area contributed by atoms with Gasteiger partial charge in [0.05, 0.1) is 0 Å². The third-order valence-corrected chi connectivity index (χ3v) is 5.13. The van der Waals surface area contributed by atoms with Gasteiger partial charge >= 0.3 is 6.03 Å². The average molecular weight is 316 g/mol. The monoisotopic (exact) mass is 316 g/mol. The van der Waals surface area contributed by atoms with Crippen molar-refractivity contribution >= 4 is 11.7 Å². The summed E-state index contributed by atoms with van der Waals surface area (Å²) in [7, 11) is 2.13. The lowest BCUT2D eigenvalue weighted by molar-refractivity contribution is 0.233. The zero-order valence-corrected chi connectivity index (χ0v) is 14.0. The van der Waals surface area contributed by atoms with Gasteiger partial charge in [0.15, 0.2) is 0 Å². The summed E-state index contributed by atoms with van der Waals surface area (Å²) in [4.78, 5) is 16.7. The summed E-state index contributed by atoms with van der Waals surface area (Å²) < 4.78 is 0. The summed E-state index contributed by atoms with van der Waals surface area (Å²) in [5.41, 5.74) is 1.28. The molecule has 3 rings (SSSR count). The molecule has 2 aliphatic rings. The van der Waals surface area contributed by atoms with E-state index in [4.69, 9.17) is 0 Å². The first-order chi connectivity index (χ1) is 11.2. The maximum Gasteiger partial charge on any atom is 0.314 e. The quantitative estimate of drug-likeness (QED) is 0.872. The topological polar surface area (TPSA) is 47.6 Å². The molecule has 2 atom stereocenters. The Morgan fingerprint density at radius 1 is 1.13 bits per heavy atom. The van der Waals surface area contributed by atoms with E-state index in [2.05, 4.69) is 51.7 Å². The summed E-state index contributed by atoms with van der Waals surface area (Å²) in [6.07, 6.45) is 3.56. The molecular weight excluding hydrogens is 288 g/mol. The van der Waals surface area contributed by atoms with Crippen LogP contribution in [0.2, 0.25) is 0 Å². The molecule has 0 spiro atoms. The smallest absolute Gasteiger partial charge is 0.314 e. The van der Waals surface area contributed by atoms with Crippen molar-refractivity contribution < 1.29 is 4.79 Å². The number of hydrogen-bond acceptors (Lipinski definition) is 3. The highest BCUT2D eigenvalue weighted by Gasteiger charge is 2.24. The molecule has 2 N–H and O–H groups in total. The maximum absolute atomic E-state index is 12.0. The molecule has 0 aromatic heterocycles. The molecule has 5 heteroatoms. The second-order valence-corrected chi connectivity index (χ2v) is 6.80. The number of likely N-dealkylation sites (tertiary alicyclic amines) is 1. The zero-order valence-electron chi connectivity index (χ0n) is 14.0. The highest BCUT2D eigenvalue weighted by molar-refractivity contribution is 5.73. The number of likely N-dealkylation sites (N-methyl/N-ethyl adjacent to an activating group) is 1. The number of urea groups is 1. The largest absolute Gasteiger partial charge is 0.371 e. The van der Waals surface area contributed by atoms with Crippen molar-refractivity contribution in [1.29, 1.82) is 0 Å². The van der Waals surface area contributed by atoms with E-state index in [1.165, 1.54) is 18.5 Å². The van der Waals surface area contributed by atoms with Crippen molar-refractivity contribution in [2.24, 2.45) is 5.92 Å². The number of carbonyl (C=O) groups excluding carboxylic acids is 1. The van der Waals surface area contributed by atoms with E-state index in [9.17, 15) is 4.79 Å². The van der Waals surface area contributed by atoms with Crippen LogP contribution in [0.15, 0.2) is 30.3 Å². The Morgan fingerprint density at radius 2 is 1.91 bits per heavy atom. The molecule has 2 fully saturated rings. The van der Waals surface area contributed by atoms with Crippen molar-refractivity contribution in [3.05, 3.63) is 30.3 Å². The molecule has 2 amide bonds. The molecule has 0 saturated carbocycles. The number of amides is 2. The third-order valence-electron chi connectivity index (χ3n) is 5.13. The lowest BCUT2D eigenvalue weighted by Gasteiger charge is -2.20. The van der Waals surface area contributed by atoms with Crippen molar-refractivity contribution in [2.75, 3.05) is 44.7 Å². The van der Waals surface area contributed by atoms with Crippen LogP contribution in [0.25, 0.3) is 0 Å². The van der Waals surface area contributed by atoms with E-state index in [0.717, 1.165) is 39.1 Å². The third kappa shape index (κ3) is 4.38. The van der Waals surface area contributed by atoms with Crippen molar-refractivity contribution in [3.63, 3.8) is 0 Å². The van der Waals surface area contributed by atoms with E-state index in [1.807, 2.05) is 6.07 Å². The summed E-state index contributed by atoms with van der Waals surface area (Å²) in [5, 5.41) is 6.06. The Bertz CT molecular complexity index is 507. The first-order valence-electron chi connectivity index (χ1n) is 8.74. The Balaban J connectivity index is 1.35. The predicted octanol–water partition coefficient (Wildman–Crippen LogP) is 1.91. The van der Waals surface area contributed by atoms with Gasteiger partial charge in [-0.25, -0.2) is 4.79 Å². The van der Waals surface area contributed by atoms with E-state index in [-0.39, 0.29) is 6.03 Å². The number of carbonyl (C=O) groups is 1. The Kier molecular flexibility index (Phi) is 5.39. The molecule has 0 unspecified atom stereocenters. The van der Waals surface area contributed by atoms with Crippen LogP contribution in [0.1, 0.15) is 19.3 Å². The summed E-state index contributed by atoms with van der Waals surface area (Å²) >= 11 is 0. The van der Waals surface area contributed by atoms with Crippen molar-refractivity contribution in [2.45, 2.75) is 25.3 Å².